The smallest absolute Gasteiger partial charge is 0.316 e. The molecule has 3 amide bonds. The van der Waals surface area contributed by atoms with Crippen LogP contribution in [0.3, 0.4) is 0 Å². The Morgan fingerprint density at radius 2 is 1.66 bits per heavy atom. The number of esters is 1. The summed E-state index contributed by atoms with van der Waals surface area (Å²) in [6.45, 7) is 6.18. The summed E-state index contributed by atoms with van der Waals surface area (Å²) >= 11 is 0. The zero-order valence-electron chi connectivity index (χ0n) is 20.3. The molecular weight excluding hydrogens is 444 g/mol. The van der Waals surface area contributed by atoms with E-state index in [9.17, 15) is 19.2 Å². The molecule has 4 atom stereocenters. The fourth-order valence-electron chi connectivity index (χ4n) is 5.61. The van der Waals surface area contributed by atoms with Crippen LogP contribution in [0.4, 0.5) is 11.4 Å². The molecule has 0 bridgehead atoms. The number of hydrogen-bond acceptors (Lipinski definition) is 5. The van der Waals surface area contributed by atoms with Gasteiger partial charge < -0.3 is 9.64 Å². The van der Waals surface area contributed by atoms with Crippen molar-refractivity contribution in [1.29, 1.82) is 0 Å². The number of carbonyl (C=O) groups is 4. The maximum atomic E-state index is 13.1. The van der Waals surface area contributed by atoms with Gasteiger partial charge in [0.1, 0.15) is 5.75 Å². The third kappa shape index (κ3) is 4.24. The van der Waals surface area contributed by atoms with Crippen LogP contribution in [0.1, 0.15) is 43.7 Å². The van der Waals surface area contributed by atoms with E-state index in [1.165, 1.54) is 4.90 Å². The Morgan fingerprint density at radius 1 is 0.943 bits per heavy atom. The minimum Gasteiger partial charge on any atom is -0.426 e. The first-order valence-electron chi connectivity index (χ1n) is 12.3. The molecule has 3 aliphatic rings. The van der Waals surface area contributed by atoms with Crippen molar-refractivity contribution < 1.29 is 23.9 Å². The van der Waals surface area contributed by atoms with Crippen LogP contribution in [0.5, 0.6) is 5.75 Å². The van der Waals surface area contributed by atoms with E-state index < -0.39 is 11.9 Å². The number of amides is 3. The van der Waals surface area contributed by atoms with Crippen LogP contribution >= 0.6 is 0 Å². The molecule has 1 aliphatic carbocycles. The normalized spacial score (nSPS) is 26.3. The molecule has 2 saturated heterocycles. The lowest BCUT2D eigenvalue weighted by Crippen LogP contribution is -2.31. The quantitative estimate of drug-likeness (QED) is 0.377. The van der Waals surface area contributed by atoms with Crippen molar-refractivity contribution in [3.63, 3.8) is 0 Å². The van der Waals surface area contributed by atoms with E-state index in [1.54, 1.807) is 30.0 Å². The summed E-state index contributed by atoms with van der Waals surface area (Å²) in [4.78, 5) is 54.4. The van der Waals surface area contributed by atoms with Gasteiger partial charge in [0, 0.05) is 18.7 Å². The number of imide groups is 1. The van der Waals surface area contributed by atoms with Crippen molar-refractivity contribution in [3.05, 3.63) is 53.6 Å². The third-order valence-electron chi connectivity index (χ3n) is 7.62. The Morgan fingerprint density at radius 3 is 2.37 bits per heavy atom. The highest BCUT2D eigenvalue weighted by molar-refractivity contribution is 6.22. The molecule has 2 heterocycles. The lowest BCUT2D eigenvalue weighted by molar-refractivity contribution is -0.139. The van der Waals surface area contributed by atoms with Crippen LogP contribution in [-0.4, -0.2) is 30.2 Å². The predicted molar refractivity (Wildman–Crippen MR) is 131 cm³/mol. The van der Waals surface area contributed by atoms with Crippen molar-refractivity contribution in [2.75, 3.05) is 16.3 Å². The zero-order chi connectivity index (χ0) is 24.9. The molecule has 5 rings (SSSR count). The fourth-order valence-corrected chi connectivity index (χ4v) is 5.61. The Labute approximate surface area is 205 Å². The molecule has 7 nitrogen and oxygen atoms in total. The molecule has 35 heavy (non-hydrogen) atoms. The second-order valence-electron chi connectivity index (χ2n) is 10.3. The summed E-state index contributed by atoms with van der Waals surface area (Å²) in [5.41, 5.74) is 3.10. The van der Waals surface area contributed by atoms with Gasteiger partial charge in [-0.05, 0) is 74.9 Å². The summed E-state index contributed by atoms with van der Waals surface area (Å²) in [6.07, 6.45) is 2.57. The number of rotatable bonds is 4. The molecule has 0 unspecified atom stereocenters. The largest absolute Gasteiger partial charge is 0.426 e. The average Bonchev–Trinajstić information content (AvgIpc) is 3.32. The third-order valence-corrected chi connectivity index (χ3v) is 7.62. The van der Waals surface area contributed by atoms with Crippen molar-refractivity contribution in [2.45, 2.75) is 46.5 Å². The molecule has 1 saturated carbocycles. The van der Waals surface area contributed by atoms with E-state index >= 15 is 0 Å². The Balaban J connectivity index is 1.27. The van der Waals surface area contributed by atoms with Gasteiger partial charge in [-0.3, -0.25) is 19.2 Å². The molecule has 2 aliphatic heterocycles. The second kappa shape index (κ2) is 8.95. The van der Waals surface area contributed by atoms with Gasteiger partial charge in [0.25, 0.3) is 0 Å². The number of anilines is 2. The van der Waals surface area contributed by atoms with Crippen LogP contribution in [0.25, 0.3) is 0 Å². The van der Waals surface area contributed by atoms with Crippen LogP contribution < -0.4 is 14.5 Å². The number of benzene rings is 2. The summed E-state index contributed by atoms with van der Waals surface area (Å²) in [5.74, 6) is -1.07. The van der Waals surface area contributed by atoms with E-state index in [2.05, 4.69) is 6.92 Å². The van der Waals surface area contributed by atoms with Crippen LogP contribution in [-0.2, 0) is 19.2 Å². The lowest BCUT2D eigenvalue weighted by atomic mass is 9.76. The predicted octanol–water partition coefficient (Wildman–Crippen LogP) is 4.19. The van der Waals surface area contributed by atoms with E-state index in [0.29, 0.717) is 22.9 Å². The Hall–Kier alpha value is -3.48. The topological polar surface area (TPSA) is 84.0 Å². The van der Waals surface area contributed by atoms with Crippen molar-refractivity contribution >= 4 is 35.1 Å². The Kier molecular flexibility index (Phi) is 5.95. The first kappa shape index (κ1) is 23.3. The molecular formula is C28H30N2O5. The molecule has 3 fully saturated rings. The molecule has 7 heteroatoms. The first-order chi connectivity index (χ1) is 16.7. The summed E-state index contributed by atoms with van der Waals surface area (Å²) < 4.78 is 5.60. The maximum Gasteiger partial charge on any atom is 0.316 e. The van der Waals surface area contributed by atoms with Crippen LogP contribution in [0.2, 0.25) is 0 Å². The minimum atomic E-state index is -0.560. The molecule has 0 radical (unpaired) electrons. The minimum absolute atomic E-state index is 0.0990. The van der Waals surface area contributed by atoms with Gasteiger partial charge >= 0.3 is 5.97 Å². The summed E-state index contributed by atoms with van der Waals surface area (Å²) in [5, 5.41) is 0. The maximum absolute atomic E-state index is 13.1. The highest BCUT2D eigenvalue weighted by Gasteiger charge is 2.50. The first-order valence-corrected chi connectivity index (χ1v) is 12.3. The van der Waals surface area contributed by atoms with Gasteiger partial charge in [0.05, 0.1) is 23.4 Å². The van der Waals surface area contributed by atoms with Crippen molar-refractivity contribution in [3.8, 4) is 5.75 Å². The summed E-state index contributed by atoms with van der Waals surface area (Å²) in [7, 11) is 0. The number of aryl methyl sites for hydroxylation is 2. The number of nitrogens with zero attached hydrogens (tertiary/aromatic N) is 2. The van der Waals surface area contributed by atoms with Gasteiger partial charge in [-0.15, -0.1) is 0 Å². The van der Waals surface area contributed by atoms with Crippen molar-refractivity contribution in [2.24, 2.45) is 23.7 Å². The van der Waals surface area contributed by atoms with Gasteiger partial charge in [0.2, 0.25) is 17.7 Å². The monoisotopic (exact) mass is 474 g/mol. The molecule has 0 N–H and O–H groups in total. The Bertz CT molecular complexity index is 1200. The molecule has 182 valence electrons. The zero-order valence-corrected chi connectivity index (χ0v) is 20.3. The van der Waals surface area contributed by atoms with E-state index in [1.807, 2.05) is 31.2 Å². The van der Waals surface area contributed by atoms with E-state index in [-0.39, 0.29) is 42.5 Å². The molecule has 0 aromatic heterocycles. The second-order valence-corrected chi connectivity index (χ2v) is 10.3. The van der Waals surface area contributed by atoms with Gasteiger partial charge in [0.15, 0.2) is 0 Å². The summed E-state index contributed by atoms with van der Waals surface area (Å²) in [6, 6.07) is 12.6. The molecule has 2 aromatic rings. The molecule has 0 spiro atoms. The highest BCUT2D eigenvalue weighted by atomic mass is 16.5. The fraction of sp³-hybridized carbons (Fsp3) is 0.429. The standard InChI is InChI=1S/C28H30N2O5/c1-16-4-7-20(8-5-16)29-15-19(14-25(29)31)28(34)35-21-9-11-24(18(3)13-21)30-26(32)22-10-6-17(2)12-23(22)27(30)33/h4-5,7-9,11,13,17,19,22-23H,6,10,12,14-15H2,1-3H3/t17-,19-,22-,23-/m1/s1. The SMILES string of the molecule is Cc1ccc(N2C[C@H](C(=O)Oc3ccc(N4C(=O)[C@@H]5CC[C@@H](C)C[C@H]5C4=O)c(C)c3)CC2=O)cc1. The number of hydrogen-bond donors (Lipinski definition) is 0. The highest BCUT2D eigenvalue weighted by Crippen LogP contribution is 2.43. The number of carbonyl (C=O) groups excluding carboxylic acids is 4. The van der Waals surface area contributed by atoms with E-state index in [4.69, 9.17) is 4.74 Å². The number of ether oxygens (including phenoxy) is 1. The van der Waals surface area contributed by atoms with Crippen LogP contribution in [0, 0.1) is 37.5 Å². The van der Waals surface area contributed by atoms with E-state index in [0.717, 1.165) is 30.5 Å². The van der Waals surface area contributed by atoms with Gasteiger partial charge in [-0.1, -0.05) is 24.6 Å². The number of fused-ring (bicyclic) bond motifs is 1. The van der Waals surface area contributed by atoms with Crippen LogP contribution in [0.15, 0.2) is 42.5 Å². The van der Waals surface area contributed by atoms with Gasteiger partial charge in [-0.25, -0.2) is 4.90 Å². The van der Waals surface area contributed by atoms with Crippen molar-refractivity contribution in [1.82, 2.24) is 0 Å². The lowest BCUT2D eigenvalue weighted by Gasteiger charge is -2.25. The van der Waals surface area contributed by atoms with Gasteiger partial charge in [-0.2, -0.15) is 0 Å². The average molecular weight is 475 g/mol. The molecule has 2 aromatic carbocycles.